The average Bonchev–Trinajstić information content (AvgIpc) is 2.74. The third kappa shape index (κ3) is 4.55. The number of nitrogens with one attached hydrogen (secondary N) is 1. The molecule has 1 fully saturated rings. The second-order valence-corrected chi connectivity index (χ2v) is 8.93. The number of Topliss-reactive ketones (excluding diaryl/α,β-unsaturated/α-hetero) is 1. The zero-order valence-corrected chi connectivity index (χ0v) is 18.6. The summed E-state index contributed by atoms with van der Waals surface area (Å²) in [4.78, 5) is 39.2. The normalized spacial score (nSPS) is 17.1. The lowest BCUT2D eigenvalue weighted by Crippen LogP contribution is -2.53. The highest BCUT2D eigenvalue weighted by atomic mass is 35.5. The van der Waals surface area contributed by atoms with E-state index in [-0.39, 0.29) is 30.6 Å². The van der Waals surface area contributed by atoms with Crippen LogP contribution in [0.25, 0.3) is 0 Å². The minimum absolute atomic E-state index is 0.0156. The first-order valence-electron chi connectivity index (χ1n) is 10.1. The number of piperidine rings is 1. The highest BCUT2D eigenvalue weighted by molar-refractivity contribution is 6.31. The lowest BCUT2D eigenvalue weighted by Gasteiger charge is -2.44. The van der Waals surface area contributed by atoms with Gasteiger partial charge < -0.3 is 15.0 Å². The number of hydrogen-bond acceptors (Lipinski definition) is 4. The van der Waals surface area contributed by atoms with Crippen LogP contribution < -0.4 is 10.1 Å². The zero-order valence-electron chi connectivity index (χ0n) is 17.0. The van der Waals surface area contributed by atoms with E-state index in [0.717, 1.165) is 5.56 Å². The van der Waals surface area contributed by atoms with Crippen molar-refractivity contribution in [3.05, 3.63) is 63.1 Å². The summed E-state index contributed by atoms with van der Waals surface area (Å²) in [7, 11) is 0. The number of carbonyl (C=O) groups excluding carboxylic acids is 3. The van der Waals surface area contributed by atoms with Gasteiger partial charge in [-0.25, -0.2) is 0 Å². The van der Waals surface area contributed by atoms with E-state index in [2.05, 4.69) is 5.32 Å². The second kappa shape index (κ2) is 8.52. The maximum absolute atomic E-state index is 12.7. The number of ether oxygens (including phenoxy) is 1. The number of fused-ring (bicyclic) bond motifs is 1. The monoisotopic (exact) mass is 460 g/mol. The largest absolute Gasteiger partial charge is 0.486 e. The fourth-order valence-corrected chi connectivity index (χ4v) is 4.53. The Labute approximate surface area is 190 Å². The van der Waals surface area contributed by atoms with Gasteiger partial charge in [-0.3, -0.25) is 14.4 Å². The van der Waals surface area contributed by atoms with Gasteiger partial charge in [0.25, 0.3) is 5.91 Å². The molecule has 8 heteroatoms. The van der Waals surface area contributed by atoms with Crippen molar-refractivity contribution in [1.82, 2.24) is 10.2 Å². The Bertz CT molecular complexity index is 1040. The Balaban J connectivity index is 1.35. The first-order valence-corrected chi connectivity index (χ1v) is 10.9. The summed E-state index contributed by atoms with van der Waals surface area (Å²) in [5.74, 6) is 0.116. The molecule has 2 aliphatic rings. The molecule has 31 heavy (non-hydrogen) atoms. The fraction of sp³-hybridized carbons (Fsp3) is 0.348. The zero-order chi connectivity index (χ0) is 22.2. The van der Waals surface area contributed by atoms with Crippen LogP contribution in [0.2, 0.25) is 10.0 Å². The van der Waals surface area contributed by atoms with Crippen LogP contribution in [0.15, 0.2) is 36.4 Å². The van der Waals surface area contributed by atoms with Gasteiger partial charge in [0.2, 0.25) is 5.91 Å². The number of nitrogens with zero attached hydrogens (tertiary/aromatic N) is 1. The van der Waals surface area contributed by atoms with E-state index in [1.807, 2.05) is 6.92 Å². The molecule has 162 valence electrons. The van der Waals surface area contributed by atoms with Crippen LogP contribution >= 0.6 is 23.2 Å². The lowest BCUT2D eigenvalue weighted by molar-refractivity contribution is -0.133. The molecule has 1 N–H and O–H groups in total. The Hall–Kier alpha value is -2.57. The molecular formula is C23H22Cl2N2O4. The molecule has 0 atom stereocenters. The van der Waals surface area contributed by atoms with E-state index < -0.39 is 5.60 Å². The number of benzene rings is 2. The minimum Gasteiger partial charge on any atom is -0.486 e. The molecule has 0 aliphatic carbocycles. The smallest absolute Gasteiger partial charge is 0.251 e. The Kier molecular flexibility index (Phi) is 5.95. The van der Waals surface area contributed by atoms with Crippen molar-refractivity contribution in [1.29, 1.82) is 0 Å². The first kappa shape index (κ1) is 21.7. The van der Waals surface area contributed by atoms with Gasteiger partial charge in [-0.15, -0.1) is 0 Å². The molecule has 2 heterocycles. The number of aryl methyl sites for hydroxylation is 1. The molecule has 1 spiro atoms. The van der Waals surface area contributed by atoms with E-state index in [9.17, 15) is 14.4 Å². The van der Waals surface area contributed by atoms with Crippen LogP contribution in [0.1, 0.15) is 45.5 Å². The third-order valence-electron chi connectivity index (χ3n) is 5.88. The van der Waals surface area contributed by atoms with Crippen LogP contribution in [-0.4, -0.2) is 47.7 Å². The molecule has 0 saturated carbocycles. The number of ketones is 1. The van der Waals surface area contributed by atoms with Crippen LogP contribution in [0.4, 0.5) is 0 Å². The number of carbonyl (C=O) groups is 3. The van der Waals surface area contributed by atoms with Crippen molar-refractivity contribution in [2.24, 2.45) is 0 Å². The molecule has 0 unspecified atom stereocenters. The van der Waals surface area contributed by atoms with Gasteiger partial charge in [-0.1, -0.05) is 23.2 Å². The summed E-state index contributed by atoms with van der Waals surface area (Å²) in [5.41, 5.74) is 1.20. The Morgan fingerprint density at radius 3 is 2.45 bits per heavy atom. The van der Waals surface area contributed by atoms with Crippen molar-refractivity contribution in [3.8, 4) is 5.75 Å². The highest BCUT2D eigenvalue weighted by Crippen LogP contribution is 2.42. The summed E-state index contributed by atoms with van der Waals surface area (Å²) < 4.78 is 6.31. The summed E-state index contributed by atoms with van der Waals surface area (Å²) in [6.07, 6.45) is 1.38. The van der Waals surface area contributed by atoms with Crippen molar-refractivity contribution >= 4 is 40.8 Å². The molecule has 0 aromatic heterocycles. The predicted molar refractivity (Wildman–Crippen MR) is 118 cm³/mol. The maximum Gasteiger partial charge on any atom is 0.251 e. The number of halogens is 2. The molecule has 1 saturated heterocycles. The number of hydrogen-bond donors (Lipinski definition) is 1. The SMILES string of the molecule is Cc1cc(Cl)cc2c1OC1(CCN(C(=O)CNC(=O)c3ccc(Cl)cc3)CC1)CC2=O. The standard InChI is InChI=1S/C23H22Cl2N2O4/c1-14-10-17(25)11-18-19(28)12-23(31-21(14)18)6-8-27(9-7-23)20(29)13-26-22(30)15-2-4-16(24)5-3-15/h2-5,10-11H,6-9,12-13H2,1H3,(H,26,30). The molecule has 2 aliphatic heterocycles. The van der Waals surface area contributed by atoms with E-state index >= 15 is 0 Å². The van der Waals surface area contributed by atoms with Crippen molar-refractivity contribution in [3.63, 3.8) is 0 Å². The number of amides is 2. The molecule has 2 amide bonds. The van der Waals surface area contributed by atoms with Gasteiger partial charge in [-0.2, -0.15) is 0 Å². The fourth-order valence-electron chi connectivity index (χ4n) is 4.13. The average molecular weight is 461 g/mol. The van der Waals surface area contributed by atoms with Gasteiger partial charge in [-0.05, 0) is 48.9 Å². The van der Waals surface area contributed by atoms with Crippen LogP contribution in [0.3, 0.4) is 0 Å². The number of rotatable bonds is 3. The van der Waals surface area contributed by atoms with Gasteiger partial charge in [0.15, 0.2) is 5.78 Å². The molecule has 4 rings (SSSR count). The van der Waals surface area contributed by atoms with Crippen LogP contribution in [-0.2, 0) is 4.79 Å². The molecule has 0 radical (unpaired) electrons. The van der Waals surface area contributed by atoms with E-state index in [1.54, 1.807) is 41.3 Å². The van der Waals surface area contributed by atoms with Crippen LogP contribution in [0.5, 0.6) is 5.75 Å². The molecule has 2 aromatic carbocycles. The summed E-state index contributed by atoms with van der Waals surface area (Å²) in [5, 5.41) is 3.71. The van der Waals surface area contributed by atoms with Crippen LogP contribution in [0, 0.1) is 6.92 Å². The summed E-state index contributed by atoms with van der Waals surface area (Å²) in [6.45, 7) is 2.71. The van der Waals surface area contributed by atoms with E-state index in [1.165, 1.54) is 0 Å². The maximum atomic E-state index is 12.7. The quantitative estimate of drug-likeness (QED) is 0.748. The van der Waals surface area contributed by atoms with Gasteiger partial charge in [0.1, 0.15) is 11.4 Å². The van der Waals surface area contributed by atoms with Gasteiger partial charge in [0.05, 0.1) is 18.5 Å². The van der Waals surface area contributed by atoms with Crippen molar-refractivity contribution < 1.29 is 19.1 Å². The first-order chi connectivity index (χ1) is 14.8. The molecule has 0 bridgehead atoms. The number of likely N-dealkylation sites (tertiary alicyclic amines) is 1. The Morgan fingerprint density at radius 1 is 1.10 bits per heavy atom. The highest BCUT2D eigenvalue weighted by Gasteiger charge is 2.44. The topological polar surface area (TPSA) is 75.7 Å². The van der Waals surface area contributed by atoms with Gasteiger partial charge in [0, 0.05) is 41.5 Å². The Morgan fingerprint density at radius 2 is 1.77 bits per heavy atom. The predicted octanol–water partition coefficient (Wildman–Crippen LogP) is 4.06. The minimum atomic E-state index is -0.605. The van der Waals surface area contributed by atoms with Crippen molar-refractivity contribution in [2.45, 2.75) is 31.8 Å². The second-order valence-electron chi connectivity index (χ2n) is 8.05. The molecular weight excluding hydrogens is 439 g/mol. The molecule has 2 aromatic rings. The van der Waals surface area contributed by atoms with E-state index in [0.29, 0.717) is 52.9 Å². The lowest BCUT2D eigenvalue weighted by atomic mass is 9.82. The van der Waals surface area contributed by atoms with Gasteiger partial charge >= 0.3 is 0 Å². The van der Waals surface area contributed by atoms with Crippen molar-refractivity contribution in [2.75, 3.05) is 19.6 Å². The summed E-state index contributed by atoms with van der Waals surface area (Å²) in [6, 6.07) is 9.91. The molecule has 6 nitrogen and oxygen atoms in total. The summed E-state index contributed by atoms with van der Waals surface area (Å²) >= 11 is 11.9. The third-order valence-corrected chi connectivity index (χ3v) is 6.35. The van der Waals surface area contributed by atoms with E-state index in [4.69, 9.17) is 27.9 Å².